The molecule has 1 aromatic heterocycles. The number of rotatable bonds is 0. The Balaban J connectivity index is 2.59. The molecule has 0 amide bonds. The van der Waals surface area contributed by atoms with Crippen molar-refractivity contribution in [2.24, 2.45) is 0 Å². The van der Waals surface area contributed by atoms with Gasteiger partial charge in [-0.3, -0.25) is 9.78 Å². The van der Waals surface area contributed by atoms with E-state index < -0.39 is 6.10 Å². The maximum Gasteiger partial charge on any atom is 0.266 e. The summed E-state index contributed by atoms with van der Waals surface area (Å²) in [5.41, 5.74) is 0.984. The van der Waals surface area contributed by atoms with Crippen LogP contribution >= 0.6 is 0 Å². The number of aromatic amines is 1. The highest BCUT2D eigenvalue weighted by atomic mass is 16.3. The average molecular weight is 164 g/mol. The lowest BCUT2D eigenvalue weighted by Gasteiger charge is -2.13. The third-order valence-corrected chi connectivity index (χ3v) is 1.83. The van der Waals surface area contributed by atoms with Crippen molar-refractivity contribution in [2.75, 3.05) is 0 Å². The van der Waals surface area contributed by atoms with Gasteiger partial charge in [-0.05, 0) is 0 Å². The fraction of sp³-hybridized carbons (Fsp3) is 0.250. The number of allylic oxidation sites excluding steroid dienone is 1. The van der Waals surface area contributed by atoms with Crippen LogP contribution in [0.3, 0.4) is 0 Å². The Morgan fingerprint density at radius 3 is 3.33 bits per heavy atom. The molecular weight excluding hydrogens is 156 g/mol. The predicted octanol–water partition coefficient (Wildman–Crippen LogP) is -0.0844. The van der Waals surface area contributed by atoms with Crippen molar-refractivity contribution < 1.29 is 5.11 Å². The summed E-state index contributed by atoms with van der Waals surface area (Å²) in [7, 11) is 0. The monoisotopic (exact) mass is 164 g/mol. The summed E-state index contributed by atoms with van der Waals surface area (Å²) >= 11 is 0. The van der Waals surface area contributed by atoms with Crippen LogP contribution in [0.1, 0.15) is 17.5 Å². The molecule has 12 heavy (non-hydrogen) atoms. The fourth-order valence-corrected chi connectivity index (χ4v) is 1.26. The van der Waals surface area contributed by atoms with Crippen molar-refractivity contribution in [3.05, 3.63) is 40.1 Å². The molecule has 0 fully saturated rings. The van der Waals surface area contributed by atoms with Gasteiger partial charge in [-0.1, -0.05) is 12.2 Å². The lowest BCUT2D eigenvalue weighted by Crippen LogP contribution is -2.17. The van der Waals surface area contributed by atoms with Gasteiger partial charge in [0.1, 0.15) is 6.10 Å². The maximum atomic E-state index is 10.8. The summed E-state index contributed by atoms with van der Waals surface area (Å²) in [4.78, 5) is 17.3. The van der Waals surface area contributed by atoms with Crippen molar-refractivity contribution in [3.8, 4) is 0 Å². The van der Waals surface area contributed by atoms with E-state index in [1.165, 1.54) is 6.20 Å². The number of aliphatic hydroxyl groups excluding tert-OH is 1. The molecule has 2 rings (SSSR count). The van der Waals surface area contributed by atoms with Crippen molar-refractivity contribution in [1.29, 1.82) is 0 Å². The Kier molecular flexibility index (Phi) is 1.55. The molecule has 0 aliphatic heterocycles. The molecule has 4 nitrogen and oxygen atoms in total. The van der Waals surface area contributed by atoms with Crippen LogP contribution in [-0.2, 0) is 6.42 Å². The summed E-state index contributed by atoms with van der Waals surface area (Å²) in [6, 6.07) is 0. The number of hydrogen-bond acceptors (Lipinski definition) is 3. The standard InChI is InChI=1S/C8H8N2O2/c11-6-3-1-2-5-8(6)10-7(12)4-9-5/h1,3-4,6,11H,2H2,(H,10,12). The number of nitrogens with one attached hydrogen (secondary N) is 1. The van der Waals surface area contributed by atoms with Crippen LogP contribution in [0, 0.1) is 0 Å². The van der Waals surface area contributed by atoms with Crippen LogP contribution in [-0.4, -0.2) is 15.1 Å². The minimum Gasteiger partial charge on any atom is -0.383 e. The van der Waals surface area contributed by atoms with Gasteiger partial charge >= 0.3 is 0 Å². The fourth-order valence-electron chi connectivity index (χ4n) is 1.26. The van der Waals surface area contributed by atoms with E-state index in [4.69, 9.17) is 0 Å². The molecule has 0 aromatic carbocycles. The molecule has 4 heteroatoms. The second kappa shape index (κ2) is 2.57. The molecule has 1 heterocycles. The minimum absolute atomic E-state index is 0.275. The second-order valence-electron chi connectivity index (χ2n) is 2.68. The highest BCUT2D eigenvalue weighted by Gasteiger charge is 2.14. The molecular formula is C8H8N2O2. The number of aliphatic hydroxyl groups is 1. The van der Waals surface area contributed by atoms with Crippen molar-refractivity contribution in [2.45, 2.75) is 12.5 Å². The summed E-state index contributed by atoms with van der Waals surface area (Å²) in [5.74, 6) is 0. The Bertz CT molecular complexity index is 381. The second-order valence-corrected chi connectivity index (χ2v) is 2.68. The largest absolute Gasteiger partial charge is 0.383 e. The van der Waals surface area contributed by atoms with Crippen LogP contribution < -0.4 is 5.56 Å². The zero-order valence-corrected chi connectivity index (χ0v) is 6.32. The van der Waals surface area contributed by atoms with E-state index in [1.807, 2.05) is 6.08 Å². The number of hydrogen-bond donors (Lipinski definition) is 2. The van der Waals surface area contributed by atoms with Gasteiger partial charge in [-0.15, -0.1) is 0 Å². The molecule has 62 valence electrons. The third-order valence-electron chi connectivity index (χ3n) is 1.83. The van der Waals surface area contributed by atoms with E-state index in [-0.39, 0.29) is 5.56 Å². The molecule has 1 aromatic rings. The number of nitrogens with zero attached hydrogens (tertiary/aromatic N) is 1. The first-order valence-corrected chi connectivity index (χ1v) is 3.70. The van der Waals surface area contributed by atoms with E-state index in [2.05, 4.69) is 9.97 Å². The van der Waals surface area contributed by atoms with Crippen molar-refractivity contribution in [3.63, 3.8) is 0 Å². The van der Waals surface area contributed by atoms with Gasteiger partial charge in [-0.25, -0.2) is 0 Å². The highest BCUT2D eigenvalue weighted by Crippen LogP contribution is 2.18. The van der Waals surface area contributed by atoms with Crippen LogP contribution in [0.2, 0.25) is 0 Å². The summed E-state index contributed by atoms with van der Waals surface area (Å²) in [6.07, 6.45) is 4.65. The van der Waals surface area contributed by atoms with Gasteiger partial charge in [0.15, 0.2) is 0 Å². The molecule has 0 radical (unpaired) electrons. The molecule has 2 N–H and O–H groups in total. The topological polar surface area (TPSA) is 66.0 Å². The molecule has 1 aliphatic rings. The average Bonchev–Trinajstić information content (AvgIpc) is 2.07. The van der Waals surface area contributed by atoms with Crippen LogP contribution in [0.5, 0.6) is 0 Å². The first-order valence-electron chi connectivity index (χ1n) is 3.70. The first kappa shape index (κ1) is 7.24. The van der Waals surface area contributed by atoms with Crippen molar-refractivity contribution >= 4 is 0 Å². The number of fused-ring (bicyclic) bond motifs is 1. The molecule has 1 atom stereocenters. The first-order chi connectivity index (χ1) is 5.77. The van der Waals surface area contributed by atoms with Gasteiger partial charge in [0.05, 0.1) is 17.6 Å². The normalized spacial score (nSPS) is 20.6. The van der Waals surface area contributed by atoms with Crippen LogP contribution in [0.25, 0.3) is 0 Å². The quantitative estimate of drug-likeness (QED) is 0.527. The van der Waals surface area contributed by atoms with E-state index in [1.54, 1.807) is 6.08 Å². The number of H-pyrrole nitrogens is 1. The third kappa shape index (κ3) is 1.06. The zero-order valence-electron chi connectivity index (χ0n) is 6.32. The molecule has 0 saturated heterocycles. The molecule has 1 unspecified atom stereocenters. The molecule has 0 spiro atoms. The lowest BCUT2D eigenvalue weighted by atomic mass is 10.1. The van der Waals surface area contributed by atoms with Crippen LogP contribution in [0.15, 0.2) is 23.1 Å². The van der Waals surface area contributed by atoms with Gasteiger partial charge in [0.25, 0.3) is 5.56 Å². The Morgan fingerprint density at radius 2 is 2.50 bits per heavy atom. The SMILES string of the molecule is O=c1cnc2c([nH]1)C(O)C=CC2. The van der Waals surface area contributed by atoms with E-state index in [0.717, 1.165) is 5.69 Å². The minimum atomic E-state index is -0.713. The van der Waals surface area contributed by atoms with Crippen molar-refractivity contribution in [1.82, 2.24) is 9.97 Å². The lowest BCUT2D eigenvalue weighted by molar-refractivity contribution is 0.219. The number of aromatic nitrogens is 2. The Labute approximate surface area is 68.6 Å². The summed E-state index contributed by atoms with van der Waals surface area (Å²) in [6.45, 7) is 0. The van der Waals surface area contributed by atoms with E-state index in [0.29, 0.717) is 12.1 Å². The maximum absolute atomic E-state index is 10.8. The summed E-state index contributed by atoms with van der Waals surface area (Å²) in [5, 5.41) is 9.39. The Morgan fingerprint density at radius 1 is 1.67 bits per heavy atom. The summed E-state index contributed by atoms with van der Waals surface area (Å²) < 4.78 is 0. The van der Waals surface area contributed by atoms with Gasteiger partial charge in [0.2, 0.25) is 0 Å². The van der Waals surface area contributed by atoms with Gasteiger partial charge < -0.3 is 10.1 Å². The molecule has 1 aliphatic carbocycles. The smallest absolute Gasteiger partial charge is 0.266 e. The molecule has 0 bridgehead atoms. The Hall–Kier alpha value is -1.42. The molecule has 0 saturated carbocycles. The van der Waals surface area contributed by atoms with Gasteiger partial charge in [0, 0.05) is 6.42 Å². The van der Waals surface area contributed by atoms with E-state index in [9.17, 15) is 9.90 Å². The van der Waals surface area contributed by atoms with E-state index >= 15 is 0 Å². The highest BCUT2D eigenvalue weighted by molar-refractivity contribution is 5.24. The predicted molar refractivity (Wildman–Crippen MR) is 42.7 cm³/mol. The van der Waals surface area contributed by atoms with Crippen LogP contribution in [0.4, 0.5) is 0 Å². The van der Waals surface area contributed by atoms with Gasteiger partial charge in [-0.2, -0.15) is 0 Å². The zero-order chi connectivity index (χ0) is 8.55.